The fourth-order valence-electron chi connectivity index (χ4n) is 3.03. The van der Waals surface area contributed by atoms with Crippen molar-refractivity contribution in [1.82, 2.24) is 10.3 Å². The maximum absolute atomic E-state index is 8.98. The monoisotopic (exact) mass is 412 g/mol. The highest BCUT2D eigenvalue weighted by Gasteiger charge is 2.14. The van der Waals surface area contributed by atoms with E-state index < -0.39 is 0 Å². The average molecular weight is 413 g/mol. The number of pyridine rings is 1. The van der Waals surface area contributed by atoms with Crippen LogP contribution in [0.15, 0.2) is 73.1 Å². The van der Waals surface area contributed by atoms with Gasteiger partial charge in [0, 0.05) is 36.5 Å². The number of hydrogen-bond donors (Lipinski definition) is 3. The van der Waals surface area contributed by atoms with Gasteiger partial charge in [-0.1, -0.05) is 48.0 Å². The van der Waals surface area contributed by atoms with Gasteiger partial charge in [0.1, 0.15) is 0 Å². The predicted octanol–water partition coefficient (Wildman–Crippen LogP) is 4.21. The normalized spacial score (nSPS) is 11.2. The molecule has 5 nitrogen and oxygen atoms in total. The Labute approximate surface area is 176 Å². The third-order valence-electron chi connectivity index (χ3n) is 4.46. The standard InChI is InChI=1S/C22H23ClN2O.CH2O2/c23-21-8-6-20(7-9-21)22(16-25-12-1-15-26)19-4-2-17(3-5-19)18-10-13-24-14-11-18;2-1-3/h2-11,13-14,22,25-26H,1,12,15-16H2;1H,(H,2,3). The van der Waals surface area contributed by atoms with Gasteiger partial charge in [0.2, 0.25) is 0 Å². The lowest BCUT2D eigenvalue weighted by Crippen LogP contribution is -2.24. The molecule has 0 fully saturated rings. The number of aromatic nitrogens is 1. The molecule has 3 N–H and O–H groups in total. The zero-order chi connectivity index (χ0) is 20.9. The SMILES string of the molecule is O=CO.OCCCNCC(c1ccc(Cl)cc1)c1ccc(-c2ccncc2)cc1. The molecule has 0 amide bonds. The summed E-state index contributed by atoms with van der Waals surface area (Å²) in [7, 11) is 0. The van der Waals surface area contributed by atoms with Crippen LogP contribution < -0.4 is 5.32 Å². The smallest absolute Gasteiger partial charge is 0.290 e. The number of carboxylic acid groups (broad SMARTS) is 1. The summed E-state index contributed by atoms with van der Waals surface area (Å²) in [4.78, 5) is 12.4. The number of rotatable bonds is 8. The zero-order valence-electron chi connectivity index (χ0n) is 16.0. The van der Waals surface area contributed by atoms with E-state index in [1.165, 1.54) is 16.7 Å². The number of halogens is 1. The molecule has 2 aromatic carbocycles. The molecule has 0 aliphatic heterocycles. The number of hydrogen-bond acceptors (Lipinski definition) is 4. The second kappa shape index (κ2) is 12.7. The van der Waals surface area contributed by atoms with Crippen LogP contribution >= 0.6 is 11.6 Å². The largest absolute Gasteiger partial charge is 0.483 e. The summed E-state index contributed by atoms with van der Waals surface area (Å²) in [5, 5.41) is 20.1. The summed E-state index contributed by atoms with van der Waals surface area (Å²) < 4.78 is 0. The number of nitrogens with one attached hydrogen (secondary N) is 1. The van der Waals surface area contributed by atoms with Crippen LogP contribution in [0.4, 0.5) is 0 Å². The Hall–Kier alpha value is -2.73. The molecule has 1 unspecified atom stereocenters. The maximum atomic E-state index is 8.98. The van der Waals surface area contributed by atoms with Crippen LogP contribution in [0.1, 0.15) is 23.5 Å². The minimum Gasteiger partial charge on any atom is -0.483 e. The number of aliphatic hydroxyl groups excluding tert-OH is 1. The molecule has 0 saturated heterocycles. The molecule has 0 bridgehead atoms. The molecular formula is C23H25ClN2O3. The molecular weight excluding hydrogens is 388 g/mol. The Morgan fingerprint density at radius 1 is 0.931 bits per heavy atom. The highest BCUT2D eigenvalue weighted by atomic mass is 35.5. The van der Waals surface area contributed by atoms with Crippen molar-refractivity contribution < 1.29 is 15.0 Å². The Morgan fingerprint density at radius 3 is 2.00 bits per heavy atom. The van der Waals surface area contributed by atoms with Gasteiger partial charge in [-0.15, -0.1) is 0 Å². The predicted molar refractivity (Wildman–Crippen MR) is 116 cm³/mol. The second-order valence-corrected chi connectivity index (χ2v) is 6.79. The molecule has 0 radical (unpaired) electrons. The van der Waals surface area contributed by atoms with Crippen LogP contribution in [0.3, 0.4) is 0 Å². The van der Waals surface area contributed by atoms with E-state index in [0.717, 1.165) is 30.1 Å². The molecule has 0 aliphatic carbocycles. The first-order valence-electron chi connectivity index (χ1n) is 9.34. The highest BCUT2D eigenvalue weighted by molar-refractivity contribution is 6.30. The molecule has 29 heavy (non-hydrogen) atoms. The van der Waals surface area contributed by atoms with Crippen molar-refractivity contribution in [3.8, 4) is 11.1 Å². The van der Waals surface area contributed by atoms with Crippen LogP contribution in [0, 0.1) is 0 Å². The molecule has 0 saturated carbocycles. The van der Waals surface area contributed by atoms with E-state index >= 15 is 0 Å². The minimum absolute atomic E-state index is 0.208. The van der Waals surface area contributed by atoms with E-state index in [0.29, 0.717) is 0 Å². The summed E-state index contributed by atoms with van der Waals surface area (Å²) in [5.74, 6) is 0.234. The Bertz CT molecular complexity index is 840. The Kier molecular flexibility index (Phi) is 9.86. The van der Waals surface area contributed by atoms with Crippen LogP contribution in [0.25, 0.3) is 11.1 Å². The van der Waals surface area contributed by atoms with Gasteiger partial charge in [-0.05, 0) is 59.5 Å². The molecule has 3 rings (SSSR count). The van der Waals surface area contributed by atoms with Crippen LogP contribution in [0.5, 0.6) is 0 Å². The number of nitrogens with zero attached hydrogens (tertiary/aromatic N) is 1. The van der Waals surface area contributed by atoms with Crippen molar-refractivity contribution in [1.29, 1.82) is 0 Å². The molecule has 1 aromatic heterocycles. The summed E-state index contributed by atoms with van der Waals surface area (Å²) >= 11 is 6.05. The van der Waals surface area contributed by atoms with Gasteiger partial charge < -0.3 is 15.5 Å². The number of carbonyl (C=O) groups is 1. The molecule has 1 atom stereocenters. The van der Waals surface area contributed by atoms with Crippen LogP contribution in [-0.2, 0) is 4.79 Å². The highest BCUT2D eigenvalue weighted by Crippen LogP contribution is 2.28. The van der Waals surface area contributed by atoms with Gasteiger partial charge >= 0.3 is 0 Å². The van der Waals surface area contributed by atoms with Crippen molar-refractivity contribution in [3.63, 3.8) is 0 Å². The minimum atomic E-state index is -0.250. The molecule has 6 heteroatoms. The molecule has 1 heterocycles. The van der Waals surface area contributed by atoms with Gasteiger partial charge in [0.25, 0.3) is 6.47 Å². The summed E-state index contributed by atoms with van der Waals surface area (Å²) in [5.41, 5.74) is 4.82. The fourth-order valence-corrected chi connectivity index (χ4v) is 3.15. The van der Waals surface area contributed by atoms with Crippen molar-refractivity contribution in [2.75, 3.05) is 19.7 Å². The van der Waals surface area contributed by atoms with E-state index in [-0.39, 0.29) is 19.0 Å². The molecule has 0 spiro atoms. The van der Waals surface area contributed by atoms with Crippen LogP contribution in [0.2, 0.25) is 5.02 Å². The summed E-state index contributed by atoms with van der Waals surface area (Å²) in [6, 6.07) is 20.7. The van der Waals surface area contributed by atoms with E-state index in [9.17, 15) is 0 Å². The Balaban J connectivity index is 0.000000941. The molecule has 0 aliphatic rings. The first-order valence-corrected chi connectivity index (χ1v) is 9.72. The van der Waals surface area contributed by atoms with Crippen molar-refractivity contribution in [2.45, 2.75) is 12.3 Å². The van der Waals surface area contributed by atoms with Crippen molar-refractivity contribution in [2.24, 2.45) is 0 Å². The average Bonchev–Trinajstić information content (AvgIpc) is 2.76. The van der Waals surface area contributed by atoms with Crippen molar-refractivity contribution >= 4 is 18.1 Å². The summed E-state index contributed by atoms with van der Waals surface area (Å²) in [6.45, 7) is 1.57. The van der Waals surface area contributed by atoms with E-state index in [4.69, 9.17) is 26.6 Å². The number of benzene rings is 2. The maximum Gasteiger partial charge on any atom is 0.290 e. The third-order valence-corrected chi connectivity index (χ3v) is 4.71. The molecule has 152 valence electrons. The van der Waals surface area contributed by atoms with Gasteiger partial charge in [0.15, 0.2) is 0 Å². The first-order chi connectivity index (χ1) is 14.2. The van der Waals surface area contributed by atoms with E-state index in [1.807, 2.05) is 36.7 Å². The van der Waals surface area contributed by atoms with Crippen molar-refractivity contribution in [3.05, 3.63) is 89.2 Å². The van der Waals surface area contributed by atoms with Gasteiger partial charge in [0.05, 0.1) is 0 Å². The van der Waals surface area contributed by atoms with Crippen LogP contribution in [-0.4, -0.2) is 41.4 Å². The zero-order valence-corrected chi connectivity index (χ0v) is 16.8. The lowest BCUT2D eigenvalue weighted by atomic mass is 9.90. The van der Waals surface area contributed by atoms with E-state index in [2.05, 4.69) is 46.7 Å². The number of aliphatic hydroxyl groups is 1. The first kappa shape index (κ1) is 22.6. The Morgan fingerprint density at radius 2 is 1.45 bits per heavy atom. The third kappa shape index (κ3) is 7.31. The fraction of sp³-hybridized carbons (Fsp3) is 0.217. The molecule has 3 aromatic rings. The lowest BCUT2D eigenvalue weighted by Gasteiger charge is -2.19. The van der Waals surface area contributed by atoms with Gasteiger partial charge in [-0.3, -0.25) is 9.78 Å². The van der Waals surface area contributed by atoms with Gasteiger partial charge in [-0.2, -0.15) is 0 Å². The lowest BCUT2D eigenvalue weighted by molar-refractivity contribution is -0.122. The summed E-state index contributed by atoms with van der Waals surface area (Å²) in [6.07, 6.45) is 4.38. The second-order valence-electron chi connectivity index (χ2n) is 6.35. The van der Waals surface area contributed by atoms with Gasteiger partial charge in [-0.25, -0.2) is 0 Å². The topological polar surface area (TPSA) is 82.5 Å². The van der Waals surface area contributed by atoms with E-state index in [1.54, 1.807) is 0 Å². The quantitative estimate of drug-likeness (QED) is 0.381.